The molecule has 1 rings (SSSR count). The van der Waals surface area contributed by atoms with Crippen molar-refractivity contribution in [2.75, 3.05) is 6.61 Å². The van der Waals surface area contributed by atoms with E-state index in [1.165, 1.54) is 31.8 Å². The number of ether oxygens (including phenoxy) is 1. The first kappa shape index (κ1) is 13.8. The number of rotatable bonds is 0. The zero-order valence-electron chi connectivity index (χ0n) is 10.4. The molecule has 0 atom stereocenters. The summed E-state index contributed by atoms with van der Waals surface area (Å²) in [6, 6.07) is 0. The summed E-state index contributed by atoms with van der Waals surface area (Å²) in [5.41, 5.74) is 0. The Bertz CT molecular complexity index is 287. The number of hydrogen-bond donors (Lipinski definition) is 0. The lowest BCUT2D eigenvalue weighted by Crippen LogP contribution is -2.02. The minimum absolute atomic E-state index is 0.245. The van der Waals surface area contributed by atoms with Crippen LogP contribution in [0.3, 0.4) is 0 Å². The molecule has 0 saturated heterocycles. The molecule has 1 aliphatic rings. The molecule has 0 amide bonds. The number of carbonyl (C=O) groups excluding carboxylic acids is 1. The summed E-state index contributed by atoms with van der Waals surface area (Å²) >= 11 is 0. The van der Waals surface area contributed by atoms with E-state index in [0.29, 0.717) is 6.61 Å². The third-order valence-electron chi connectivity index (χ3n) is 2.71. The van der Waals surface area contributed by atoms with Gasteiger partial charge in [0, 0.05) is 6.08 Å². The van der Waals surface area contributed by atoms with Crippen LogP contribution in [0, 0.1) is 0 Å². The van der Waals surface area contributed by atoms with Crippen LogP contribution >= 0.6 is 0 Å². The summed E-state index contributed by atoms with van der Waals surface area (Å²) in [7, 11) is 0. The molecule has 0 bridgehead atoms. The van der Waals surface area contributed by atoms with E-state index in [1.807, 2.05) is 18.2 Å². The molecule has 2 heteroatoms. The molecule has 0 aromatic rings. The molecular weight excluding hydrogens is 212 g/mol. The highest BCUT2D eigenvalue weighted by Gasteiger charge is 1.96. The molecule has 0 radical (unpaired) electrons. The van der Waals surface area contributed by atoms with Crippen LogP contribution in [-0.2, 0) is 9.53 Å². The maximum atomic E-state index is 11.2. The quantitative estimate of drug-likeness (QED) is 0.593. The summed E-state index contributed by atoms with van der Waals surface area (Å²) in [6.45, 7) is 0.548. The van der Waals surface area contributed by atoms with Gasteiger partial charge in [-0.05, 0) is 19.3 Å². The molecule has 0 aromatic carbocycles. The van der Waals surface area contributed by atoms with Gasteiger partial charge in [-0.3, -0.25) is 0 Å². The Morgan fingerprint density at radius 3 is 2.41 bits per heavy atom. The fourth-order valence-corrected chi connectivity index (χ4v) is 1.73. The summed E-state index contributed by atoms with van der Waals surface area (Å²) in [4.78, 5) is 11.2. The molecule has 17 heavy (non-hydrogen) atoms. The molecular formula is C15H22O2. The van der Waals surface area contributed by atoms with Crippen molar-refractivity contribution in [1.82, 2.24) is 0 Å². The largest absolute Gasteiger partial charge is 0.463 e. The summed E-state index contributed by atoms with van der Waals surface area (Å²) in [5.74, 6) is -0.245. The Balaban J connectivity index is 2.36. The summed E-state index contributed by atoms with van der Waals surface area (Å²) in [6.07, 6.45) is 19.6. The topological polar surface area (TPSA) is 26.3 Å². The van der Waals surface area contributed by atoms with Crippen molar-refractivity contribution in [2.24, 2.45) is 0 Å². The zero-order valence-corrected chi connectivity index (χ0v) is 10.4. The van der Waals surface area contributed by atoms with Crippen LogP contribution < -0.4 is 0 Å². The van der Waals surface area contributed by atoms with Crippen molar-refractivity contribution in [3.05, 3.63) is 36.5 Å². The Labute approximate surface area is 104 Å². The van der Waals surface area contributed by atoms with Gasteiger partial charge in [-0.25, -0.2) is 4.79 Å². The molecule has 0 saturated carbocycles. The lowest BCUT2D eigenvalue weighted by molar-refractivity contribution is -0.137. The first-order chi connectivity index (χ1) is 8.39. The standard InChI is InChI=1S/C15H22O2/c16-15-13-11-9-7-5-3-1-2-4-6-8-10-12-14-17-15/h3,5,7,9,11,13H,1-2,4,6,8,10,12,14H2/b5-3-,9-7-,13-11-. The third kappa shape index (κ3) is 8.49. The van der Waals surface area contributed by atoms with Crippen LogP contribution in [0.2, 0.25) is 0 Å². The minimum Gasteiger partial charge on any atom is -0.463 e. The van der Waals surface area contributed by atoms with E-state index in [0.717, 1.165) is 19.3 Å². The van der Waals surface area contributed by atoms with Gasteiger partial charge in [-0.15, -0.1) is 0 Å². The number of esters is 1. The average molecular weight is 234 g/mol. The Kier molecular flexibility index (Phi) is 8.00. The molecule has 1 heterocycles. The number of carbonyl (C=O) groups is 1. The van der Waals surface area contributed by atoms with Gasteiger partial charge in [0.1, 0.15) is 0 Å². The predicted molar refractivity (Wildman–Crippen MR) is 70.7 cm³/mol. The molecule has 0 aromatic heterocycles. The smallest absolute Gasteiger partial charge is 0.330 e. The van der Waals surface area contributed by atoms with E-state index in [9.17, 15) is 4.79 Å². The van der Waals surface area contributed by atoms with Gasteiger partial charge in [0.05, 0.1) is 6.61 Å². The van der Waals surface area contributed by atoms with Crippen LogP contribution in [0.5, 0.6) is 0 Å². The van der Waals surface area contributed by atoms with E-state index < -0.39 is 0 Å². The summed E-state index contributed by atoms with van der Waals surface area (Å²) in [5, 5.41) is 0. The fraction of sp³-hybridized carbons (Fsp3) is 0.533. The Hall–Kier alpha value is -1.31. The first-order valence-corrected chi connectivity index (χ1v) is 6.56. The molecule has 0 aliphatic carbocycles. The zero-order chi connectivity index (χ0) is 12.2. The first-order valence-electron chi connectivity index (χ1n) is 6.56. The number of allylic oxidation sites excluding steroid dienone is 5. The van der Waals surface area contributed by atoms with Crippen LogP contribution in [0.4, 0.5) is 0 Å². The average Bonchev–Trinajstić information content (AvgIpc) is 2.32. The normalized spacial score (nSPS) is 25.8. The van der Waals surface area contributed by atoms with E-state index in [4.69, 9.17) is 4.74 Å². The van der Waals surface area contributed by atoms with Crippen molar-refractivity contribution in [1.29, 1.82) is 0 Å². The van der Waals surface area contributed by atoms with Gasteiger partial charge >= 0.3 is 5.97 Å². The highest BCUT2D eigenvalue weighted by atomic mass is 16.5. The second-order valence-electron chi connectivity index (χ2n) is 4.25. The van der Waals surface area contributed by atoms with Crippen LogP contribution in [0.25, 0.3) is 0 Å². The Morgan fingerprint density at radius 2 is 1.53 bits per heavy atom. The Morgan fingerprint density at radius 1 is 0.824 bits per heavy atom. The molecule has 1 aliphatic heterocycles. The molecule has 0 fully saturated rings. The predicted octanol–water partition coefficient (Wildman–Crippen LogP) is 3.94. The second-order valence-corrected chi connectivity index (χ2v) is 4.25. The van der Waals surface area contributed by atoms with Crippen molar-refractivity contribution >= 4 is 5.97 Å². The minimum atomic E-state index is -0.245. The van der Waals surface area contributed by atoms with Gasteiger partial charge in [0.25, 0.3) is 0 Å². The van der Waals surface area contributed by atoms with E-state index in [1.54, 1.807) is 6.08 Å². The molecule has 0 unspecified atom stereocenters. The number of cyclic esters (lactones) is 1. The van der Waals surface area contributed by atoms with E-state index >= 15 is 0 Å². The molecule has 0 N–H and O–H groups in total. The maximum Gasteiger partial charge on any atom is 0.330 e. The van der Waals surface area contributed by atoms with Gasteiger partial charge in [-0.2, -0.15) is 0 Å². The second kappa shape index (κ2) is 9.88. The highest BCUT2D eigenvalue weighted by Crippen LogP contribution is 2.08. The van der Waals surface area contributed by atoms with Crippen LogP contribution in [-0.4, -0.2) is 12.6 Å². The number of hydrogen-bond acceptors (Lipinski definition) is 2. The van der Waals surface area contributed by atoms with Crippen LogP contribution in [0.15, 0.2) is 36.5 Å². The molecule has 0 spiro atoms. The van der Waals surface area contributed by atoms with E-state index in [-0.39, 0.29) is 5.97 Å². The molecule has 94 valence electrons. The monoisotopic (exact) mass is 234 g/mol. The lowest BCUT2D eigenvalue weighted by Gasteiger charge is -2.02. The third-order valence-corrected chi connectivity index (χ3v) is 2.71. The highest BCUT2D eigenvalue weighted by molar-refractivity contribution is 5.82. The maximum absolute atomic E-state index is 11.2. The lowest BCUT2D eigenvalue weighted by atomic mass is 10.1. The fourth-order valence-electron chi connectivity index (χ4n) is 1.73. The van der Waals surface area contributed by atoms with Gasteiger partial charge in [-0.1, -0.05) is 56.1 Å². The van der Waals surface area contributed by atoms with Gasteiger partial charge in [0.15, 0.2) is 0 Å². The van der Waals surface area contributed by atoms with Crippen LogP contribution in [0.1, 0.15) is 44.9 Å². The van der Waals surface area contributed by atoms with Crippen molar-refractivity contribution in [3.63, 3.8) is 0 Å². The SMILES string of the molecule is O=C1\C=C/C=C\C=C/CCCCCCCCO1. The summed E-state index contributed by atoms with van der Waals surface area (Å²) < 4.78 is 5.07. The van der Waals surface area contributed by atoms with Gasteiger partial charge < -0.3 is 4.74 Å². The van der Waals surface area contributed by atoms with Gasteiger partial charge in [0.2, 0.25) is 0 Å². The van der Waals surface area contributed by atoms with Crippen molar-refractivity contribution in [3.8, 4) is 0 Å². The van der Waals surface area contributed by atoms with Crippen molar-refractivity contribution < 1.29 is 9.53 Å². The van der Waals surface area contributed by atoms with Crippen molar-refractivity contribution in [2.45, 2.75) is 44.9 Å². The molecule has 2 nitrogen and oxygen atoms in total. The van der Waals surface area contributed by atoms with E-state index in [2.05, 4.69) is 6.08 Å².